The molecule has 0 radical (unpaired) electrons. The number of carbonyl (C=O) groups is 1. The van der Waals surface area contributed by atoms with Gasteiger partial charge in [0.25, 0.3) is 0 Å². The van der Waals surface area contributed by atoms with E-state index < -0.39 is 0 Å². The van der Waals surface area contributed by atoms with Crippen molar-refractivity contribution in [2.75, 3.05) is 6.61 Å². The largest absolute Gasteiger partial charge is 0.462 e. The van der Waals surface area contributed by atoms with Crippen LogP contribution in [0.1, 0.15) is 17.7 Å². The van der Waals surface area contributed by atoms with Gasteiger partial charge in [0.1, 0.15) is 0 Å². The molecule has 0 bridgehead atoms. The molecule has 1 heterocycles. The van der Waals surface area contributed by atoms with Crippen molar-refractivity contribution in [3.05, 3.63) is 53.4 Å². The normalized spacial score (nSPS) is 14.6. The van der Waals surface area contributed by atoms with E-state index in [-0.39, 0.29) is 5.97 Å². The van der Waals surface area contributed by atoms with Gasteiger partial charge in [-0.25, -0.2) is 4.79 Å². The molecule has 0 spiro atoms. The molecule has 1 fully saturated rings. The summed E-state index contributed by atoms with van der Waals surface area (Å²) in [7, 11) is 0. The van der Waals surface area contributed by atoms with Crippen LogP contribution < -0.4 is 0 Å². The predicted molar refractivity (Wildman–Crippen MR) is 82.5 cm³/mol. The zero-order chi connectivity index (χ0) is 13.8. The number of ether oxygens (including phenoxy) is 1. The lowest BCUT2D eigenvalue weighted by Gasteiger charge is -1.97. The lowest BCUT2D eigenvalue weighted by atomic mass is 10.2. The number of rotatable bonds is 5. The smallest absolute Gasteiger partial charge is 0.330 e. The summed E-state index contributed by atoms with van der Waals surface area (Å²) in [6, 6.07) is 14.3. The van der Waals surface area contributed by atoms with Gasteiger partial charge in [0, 0.05) is 15.8 Å². The van der Waals surface area contributed by atoms with Crippen molar-refractivity contribution < 1.29 is 9.53 Å². The second-order valence-electron chi connectivity index (χ2n) is 4.97. The highest BCUT2D eigenvalue weighted by Crippen LogP contribution is 2.29. The minimum atomic E-state index is -0.244. The van der Waals surface area contributed by atoms with E-state index in [4.69, 9.17) is 4.74 Å². The van der Waals surface area contributed by atoms with Crippen LogP contribution in [0.5, 0.6) is 0 Å². The van der Waals surface area contributed by atoms with E-state index in [0.29, 0.717) is 12.5 Å². The van der Waals surface area contributed by atoms with Crippen LogP contribution >= 0.6 is 11.3 Å². The monoisotopic (exact) mass is 284 g/mol. The molecule has 1 aromatic heterocycles. The third-order valence-corrected chi connectivity index (χ3v) is 4.33. The first-order valence-electron chi connectivity index (χ1n) is 6.81. The summed E-state index contributed by atoms with van der Waals surface area (Å²) in [4.78, 5) is 13.8. The summed E-state index contributed by atoms with van der Waals surface area (Å²) in [5, 5.41) is 0. The molecule has 0 aliphatic heterocycles. The van der Waals surface area contributed by atoms with E-state index in [2.05, 4.69) is 18.2 Å². The van der Waals surface area contributed by atoms with Gasteiger partial charge in [0.05, 0.1) is 6.61 Å². The molecule has 20 heavy (non-hydrogen) atoms. The highest BCUT2D eigenvalue weighted by Gasteiger charge is 2.22. The van der Waals surface area contributed by atoms with Crippen molar-refractivity contribution in [2.24, 2.45) is 5.92 Å². The van der Waals surface area contributed by atoms with Crippen molar-refractivity contribution in [1.29, 1.82) is 0 Å². The summed E-state index contributed by atoms with van der Waals surface area (Å²) < 4.78 is 5.16. The van der Waals surface area contributed by atoms with Crippen molar-refractivity contribution in [3.63, 3.8) is 0 Å². The average Bonchev–Trinajstić information content (AvgIpc) is 3.20. The van der Waals surface area contributed by atoms with Crippen molar-refractivity contribution >= 4 is 23.4 Å². The Kier molecular flexibility index (Phi) is 3.97. The van der Waals surface area contributed by atoms with Gasteiger partial charge in [-0.1, -0.05) is 30.3 Å². The summed E-state index contributed by atoms with van der Waals surface area (Å²) in [5.41, 5.74) is 1.20. The van der Waals surface area contributed by atoms with Crippen molar-refractivity contribution in [2.45, 2.75) is 12.8 Å². The Labute approximate surface area is 122 Å². The first kappa shape index (κ1) is 13.1. The quantitative estimate of drug-likeness (QED) is 0.601. The Balaban J connectivity index is 1.60. The van der Waals surface area contributed by atoms with Gasteiger partial charge in [0.15, 0.2) is 0 Å². The van der Waals surface area contributed by atoms with E-state index in [1.165, 1.54) is 29.4 Å². The van der Waals surface area contributed by atoms with Crippen LogP contribution in [0.2, 0.25) is 0 Å². The maximum atomic E-state index is 11.5. The van der Waals surface area contributed by atoms with Crippen LogP contribution in [0, 0.1) is 5.92 Å². The molecule has 0 N–H and O–H groups in total. The zero-order valence-corrected chi connectivity index (χ0v) is 11.9. The minimum absolute atomic E-state index is 0.244. The fraction of sp³-hybridized carbons (Fsp3) is 0.235. The molecule has 1 saturated carbocycles. The fourth-order valence-electron chi connectivity index (χ4n) is 1.88. The highest BCUT2D eigenvalue weighted by atomic mass is 32.1. The zero-order valence-electron chi connectivity index (χ0n) is 11.1. The third kappa shape index (κ3) is 3.58. The number of hydrogen-bond acceptors (Lipinski definition) is 3. The first-order valence-corrected chi connectivity index (χ1v) is 7.63. The first-order chi connectivity index (χ1) is 9.81. The molecular formula is C17H16O2S. The molecule has 0 unspecified atom stereocenters. The lowest BCUT2D eigenvalue weighted by molar-refractivity contribution is -0.138. The van der Waals surface area contributed by atoms with E-state index in [0.717, 1.165) is 4.88 Å². The SMILES string of the molecule is O=C(C=Cc1ccc(-c2ccccc2)s1)OCC1CC1. The van der Waals surface area contributed by atoms with Gasteiger partial charge in [-0.2, -0.15) is 0 Å². The standard InChI is InChI=1S/C17H16O2S/c18-17(19-12-13-6-7-13)11-9-15-8-10-16(20-15)14-4-2-1-3-5-14/h1-5,8-11,13H,6-7,12H2. The number of benzene rings is 1. The molecule has 1 aliphatic rings. The third-order valence-electron chi connectivity index (χ3n) is 3.23. The van der Waals surface area contributed by atoms with Crippen LogP contribution in [-0.2, 0) is 9.53 Å². The molecule has 1 aliphatic carbocycles. The van der Waals surface area contributed by atoms with Crippen LogP contribution in [0.25, 0.3) is 16.5 Å². The molecule has 102 valence electrons. The molecule has 1 aromatic carbocycles. The molecule has 3 heteroatoms. The van der Waals surface area contributed by atoms with Crippen molar-refractivity contribution in [1.82, 2.24) is 0 Å². The average molecular weight is 284 g/mol. The van der Waals surface area contributed by atoms with E-state index in [1.807, 2.05) is 30.3 Å². The van der Waals surface area contributed by atoms with Crippen molar-refractivity contribution in [3.8, 4) is 10.4 Å². The maximum Gasteiger partial charge on any atom is 0.330 e. The van der Waals surface area contributed by atoms with Gasteiger partial charge in [0.2, 0.25) is 0 Å². The van der Waals surface area contributed by atoms with E-state index in [1.54, 1.807) is 11.3 Å². The highest BCUT2D eigenvalue weighted by molar-refractivity contribution is 7.16. The van der Waals surface area contributed by atoms with Crippen LogP contribution in [-0.4, -0.2) is 12.6 Å². The van der Waals surface area contributed by atoms with Crippen LogP contribution in [0.3, 0.4) is 0 Å². The molecular weight excluding hydrogens is 268 g/mol. The number of carbonyl (C=O) groups excluding carboxylic acids is 1. The van der Waals surface area contributed by atoms with Gasteiger partial charge in [-0.15, -0.1) is 11.3 Å². The topological polar surface area (TPSA) is 26.3 Å². The van der Waals surface area contributed by atoms with E-state index >= 15 is 0 Å². The lowest BCUT2D eigenvalue weighted by Crippen LogP contribution is -2.03. The molecule has 0 atom stereocenters. The van der Waals surface area contributed by atoms with Crippen LogP contribution in [0.4, 0.5) is 0 Å². The van der Waals surface area contributed by atoms with Gasteiger partial charge in [-0.3, -0.25) is 0 Å². The Morgan fingerprint density at radius 1 is 1.20 bits per heavy atom. The molecule has 0 saturated heterocycles. The fourth-order valence-corrected chi connectivity index (χ4v) is 2.80. The summed E-state index contributed by atoms with van der Waals surface area (Å²) in [5.74, 6) is 0.366. The van der Waals surface area contributed by atoms with Gasteiger partial charge >= 0.3 is 5.97 Å². The Morgan fingerprint density at radius 3 is 2.75 bits per heavy atom. The number of thiophene rings is 1. The molecule has 3 rings (SSSR count). The van der Waals surface area contributed by atoms with Gasteiger partial charge < -0.3 is 4.74 Å². The van der Waals surface area contributed by atoms with Gasteiger partial charge in [-0.05, 0) is 42.5 Å². The minimum Gasteiger partial charge on any atom is -0.462 e. The second-order valence-corrected chi connectivity index (χ2v) is 6.09. The predicted octanol–water partition coefficient (Wildman–Crippen LogP) is 4.38. The molecule has 0 amide bonds. The number of esters is 1. The maximum absolute atomic E-state index is 11.5. The Morgan fingerprint density at radius 2 is 2.00 bits per heavy atom. The Hall–Kier alpha value is -1.87. The summed E-state index contributed by atoms with van der Waals surface area (Å²) in [6.07, 6.45) is 5.74. The molecule has 2 aromatic rings. The Bertz CT molecular complexity index is 609. The number of hydrogen-bond donors (Lipinski definition) is 0. The van der Waals surface area contributed by atoms with E-state index in [9.17, 15) is 4.79 Å². The summed E-state index contributed by atoms with van der Waals surface area (Å²) >= 11 is 1.67. The second kappa shape index (κ2) is 6.06. The molecule has 2 nitrogen and oxygen atoms in total. The summed E-state index contributed by atoms with van der Waals surface area (Å²) in [6.45, 7) is 0.572. The van der Waals surface area contributed by atoms with Crippen LogP contribution in [0.15, 0.2) is 48.5 Å².